The van der Waals surface area contributed by atoms with Crippen molar-refractivity contribution < 1.29 is 61.6 Å². The van der Waals surface area contributed by atoms with Gasteiger partial charge in [-0.2, -0.15) is 0 Å². The third-order valence-corrected chi connectivity index (χ3v) is 5.93. The summed E-state index contributed by atoms with van der Waals surface area (Å²) in [5.41, 5.74) is 1.10. The molecule has 0 aliphatic rings. The summed E-state index contributed by atoms with van der Waals surface area (Å²) in [4.78, 5) is 14.1. The highest BCUT2D eigenvalue weighted by molar-refractivity contribution is 5.92. The highest BCUT2D eigenvalue weighted by Gasteiger charge is 2.30. The van der Waals surface area contributed by atoms with Crippen LogP contribution >= 0.6 is 0 Å². The first kappa shape index (κ1) is 34.9. The van der Waals surface area contributed by atoms with Crippen LogP contribution in [-0.2, 0) is 33.2 Å². The van der Waals surface area contributed by atoms with E-state index in [1.807, 2.05) is 0 Å². The van der Waals surface area contributed by atoms with Crippen molar-refractivity contribution in [1.29, 1.82) is 0 Å². The molecule has 2 atom stereocenters. The summed E-state index contributed by atoms with van der Waals surface area (Å²) in [6.45, 7) is 3.31. The van der Waals surface area contributed by atoms with Gasteiger partial charge in [0.05, 0.1) is 0 Å². The van der Waals surface area contributed by atoms with Crippen LogP contribution in [-0.4, -0.2) is 89.2 Å². The van der Waals surface area contributed by atoms with Crippen LogP contribution in [0.15, 0.2) is 24.3 Å². The van der Waals surface area contributed by atoms with Crippen molar-refractivity contribution in [3.8, 4) is 34.5 Å². The smallest absolute Gasteiger partial charge is 0.188 e. The fourth-order valence-electron chi connectivity index (χ4n) is 3.91. The number of ketones is 1. The van der Waals surface area contributed by atoms with E-state index in [1.165, 1.54) is 42.7 Å². The molecule has 0 spiro atoms. The summed E-state index contributed by atoms with van der Waals surface area (Å²) in [6, 6.07) is 6.61. The van der Waals surface area contributed by atoms with E-state index in [4.69, 9.17) is 56.8 Å². The molecule has 13 heteroatoms. The Labute approximate surface area is 246 Å². The zero-order valence-electron chi connectivity index (χ0n) is 25.5. The van der Waals surface area contributed by atoms with Crippen molar-refractivity contribution in [2.24, 2.45) is 0 Å². The van der Waals surface area contributed by atoms with Crippen LogP contribution in [0.2, 0.25) is 0 Å². The minimum atomic E-state index is -0.670. The van der Waals surface area contributed by atoms with E-state index >= 15 is 0 Å². The van der Waals surface area contributed by atoms with Crippen LogP contribution in [0.5, 0.6) is 34.5 Å². The second-order valence-electron chi connectivity index (χ2n) is 8.82. The molecule has 13 nitrogen and oxygen atoms in total. The fourth-order valence-corrected chi connectivity index (χ4v) is 3.91. The maximum Gasteiger partial charge on any atom is 0.188 e. The van der Waals surface area contributed by atoms with Gasteiger partial charge in [-0.25, -0.2) is 0 Å². The summed E-state index contributed by atoms with van der Waals surface area (Å²) < 4.78 is 64.9. The predicted octanol–water partition coefficient (Wildman–Crippen LogP) is 4.06. The van der Waals surface area contributed by atoms with Crippen molar-refractivity contribution in [2.45, 2.75) is 25.7 Å². The molecule has 0 aliphatic carbocycles. The number of methoxy groups -OCH3 is 6. The fraction of sp³-hybridized carbons (Fsp3) is 0.552. The Balaban J connectivity index is 2.57. The predicted molar refractivity (Wildman–Crippen MR) is 150 cm³/mol. The first-order valence-corrected chi connectivity index (χ1v) is 13.0. The van der Waals surface area contributed by atoms with E-state index in [-0.39, 0.29) is 46.5 Å². The molecule has 0 saturated heterocycles. The maximum atomic E-state index is 14.1. The lowest BCUT2D eigenvalue weighted by atomic mass is 9.84. The quantitative estimate of drug-likeness (QED) is 0.181. The molecule has 0 aromatic heterocycles. The zero-order valence-corrected chi connectivity index (χ0v) is 25.5. The van der Waals surface area contributed by atoms with Gasteiger partial charge in [0.2, 0.25) is 0 Å². The Morgan fingerprint density at radius 1 is 0.452 bits per heavy atom. The average Bonchev–Trinajstić information content (AvgIpc) is 3.01. The topological polar surface area (TPSA) is 128 Å². The molecule has 0 fully saturated rings. The van der Waals surface area contributed by atoms with E-state index in [0.29, 0.717) is 45.6 Å². The summed E-state index contributed by atoms with van der Waals surface area (Å²) in [5.74, 6) is 0.656. The van der Waals surface area contributed by atoms with Gasteiger partial charge in [-0.3, -0.25) is 4.79 Å². The molecule has 2 rings (SSSR count). The summed E-state index contributed by atoms with van der Waals surface area (Å²) in [7, 11) is 9.00. The van der Waals surface area contributed by atoms with Gasteiger partial charge in [0.25, 0.3) is 0 Å². The Morgan fingerprint density at radius 2 is 0.690 bits per heavy atom. The average molecular weight is 599 g/mol. The van der Waals surface area contributed by atoms with Crippen molar-refractivity contribution in [1.82, 2.24) is 0 Å². The number of hydrogen-bond donors (Lipinski definition) is 0. The Kier molecular flexibility index (Phi) is 15.8. The van der Waals surface area contributed by atoms with Crippen LogP contribution in [0.1, 0.15) is 36.8 Å². The number of carbonyl (C=O) groups is 1. The van der Waals surface area contributed by atoms with Crippen LogP contribution in [0, 0.1) is 0 Å². The van der Waals surface area contributed by atoms with E-state index < -0.39 is 11.8 Å². The monoisotopic (exact) mass is 598 g/mol. The van der Waals surface area contributed by atoms with Gasteiger partial charge in [-0.15, -0.1) is 0 Å². The number of benzene rings is 2. The van der Waals surface area contributed by atoms with E-state index in [2.05, 4.69) is 0 Å². The lowest BCUT2D eigenvalue weighted by Crippen LogP contribution is -2.19. The number of rotatable bonds is 22. The molecule has 0 saturated carbocycles. The molecular formula is C29H42O13. The Morgan fingerprint density at radius 3 is 0.952 bits per heavy atom. The molecule has 0 radical (unpaired) electrons. The van der Waals surface area contributed by atoms with Gasteiger partial charge in [0.15, 0.2) is 63.8 Å². The van der Waals surface area contributed by atoms with Gasteiger partial charge in [0.1, 0.15) is 17.3 Å². The van der Waals surface area contributed by atoms with Crippen molar-refractivity contribution >= 4 is 5.78 Å². The number of ether oxygens (including phenoxy) is 12. The van der Waals surface area contributed by atoms with Gasteiger partial charge in [0, 0.05) is 77.8 Å². The second kappa shape index (κ2) is 19.0. The minimum Gasteiger partial charge on any atom is -0.467 e. The van der Waals surface area contributed by atoms with Gasteiger partial charge < -0.3 is 56.8 Å². The van der Waals surface area contributed by atoms with Gasteiger partial charge in [-0.05, 0) is 12.1 Å². The molecule has 0 N–H and O–H groups in total. The Hall–Kier alpha value is -3.33. The SMILES string of the molecule is COCOc1cc(OCOC)c(C(C)C(=O)C(C)c2cc(OCOC)c(OCOC)cc2OCOC)cc1OCOC. The molecule has 0 amide bonds. The lowest BCUT2D eigenvalue weighted by Gasteiger charge is -2.24. The second-order valence-corrected chi connectivity index (χ2v) is 8.82. The normalized spacial score (nSPS) is 12.4. The van der Waals surface area contributed by atoms with Gasteiger partial charge in [-0.1, -0.05) is 13.8 Å². The van der Waals surface area contributed by atoms with Crippen LogP contribution < -0.4 is 28.4 Å². The lowest BCUT2D eigenvalue weighted by molar-refractivity contribution is -0.121. The molecule has 42 heavy (non-hydrogen) atoms. The van der Waals surface area contributed by atoms with E-state index in [1.54, 1.807) is 38.1 Å². The zero-order chi connectivity index (χ0) is 30.9. The third-order valence-electron chi connectivity index (χ3n) is 5.93. The number of carbonyl (C=O) groups excluding carboxylic acids is 1. The first-order chi connectivity index (χ1) is 20.4. The summed E-state index contributed by atoms with van der Waals surface area (Å²) >= 11 is 0. The van der Waals surface area contributed by atoms with Gasteiger partial charge >= 0.3 is 0 Å². The minimum absolute atomic E-state index is 0.0280. The third kappa shape index (κ3) is 9.89. The van der Waals surface area contributed by atoms with Crippen LogP contribution in [0.25, 0.3) is 0 Å². The van der Waals surface area contributed by atoms with Crippen LogP contribution in [0.3, 0.4) is 0 Å². The van der Waals surface area contributed by atoms with E-state index in [0.717, 1.165) is 0 Å². The summed E-state index contributed by atoms with van der Waals surface area (Å²) in [6.07, 6.45) is 0. The largest absolute Gasteiger partial charge is 0.467 e. The molecule has 0 aliphatic heterocycles. The highest BCUT2D eigenvalue weighted by atomic mass is 16.7. The van der Waals surface area contributed by atoms with Crippen LogP contribution in [0.4, 0.5) is 0 Å². The van der Waals surface area contributed by atoms with Crippen molar-refractivity contribution in [3.63, 3.8) is 0 Å². The number of Topliss-reactive ketones (excluding diaryl/α,β-unsaturated/α-hetero) is 1. The number of hydrogen-bond acceptors (Lipinski definition) is 13. The molecular weight excluding hydrogens is 556 g/mol. The van der Waals surface area contributed by atoms with Crippen molar-refractivity contribution in [2.75, 3.05) is 83.4 Å². The molecule has 2 aromatic carbocycles. The van der Waals surface area contributed by atoms with E-state index in [9.17, 15) is 4.79 Å². The molecule has 236 valence electrons. The standard InChI is InChI=1S/C29H42O13/c1-19(21-9-25(39-15-33-5)27(41-17-35-7)11-23(21)37-13-31-3)29(30)20(2)22-10-26(40-16-34-6)28(42-18-36-8)12-24(22)38-14-32-4/h9-12,19-20H,13-18H2,1-8H3. The summed E-state index contributed by atoms with van der Waals surface area (Å²) in [5, 5.41) is 0. The first-order valence-electron chi connectivity index (χ1n) is 13.0. The highest BCUT2D eigenvalue weighted by Crippen LogP contribution is 2.43. The molecule has 0 bridgehead atoms. The molecule has 2 unspecified atom stereocenters. The Bertz CT molecular complexity index is 1010. The maximum absolute atomic E-state index is 14.1. The van der Waals surface area contributed by atoms with Crippen molar-refractivity contribution in [3.05, 3.63) is 35.4 Å². The molecule has 2 aromatic rings. The molecule has 0 heterocycles.